The van der Waals surface area contributed by atoms with Crippen molar-refractivity contribution in [2.45, 2.75) is 43.5 Å². The Morgan fingerprint density at radius 3 is 2.01 bits per heavy atom. The molecule has 2 atom stereocenters. The minimum absolute atomic E-state index is 0.0106. The van der Waals surface area contributed by atoms with E-state index in [2.05, 4.69) is 15.0 Å². The molecule has 0 saturated heterocycles. The average molecular weight is 1310 g/mol. The number of ether oxygens (including phenoxy) is 8. The third kappa shape index (κ3) is 15.2. The number of phenols is 1. The topological polar surface area (TPSA) is 206 Å². The maximum absolute atomic E-state index is 14.7. The average Bonchev–Trinajstić information content (AvgIpc) is 1.76. The van der Waals surface area contributed by atoms with Crippen molar-refractivity contribution in [2.75, 3.05) is 41.2 Å². The van der Waals surface area contributed by atoms with E-state index in [9.17, 15) is 22.7 Å². The van der Waals surface area contributed by atoms with E-state index in [1.165, 1.54) is 41.9 Å². The summed E-state index contributed by atoms with van der Waals surface area (Å²) >= 11 is 8.63. The summed E-state index contributed by atoms with van der Waals surface area (Å²) in [6.45, 7) is 0.899. The molecular weight excluding hydrogens is 1250 g/mol. The first-order valence-corrected chi connectivity index (χ1v) is 32.1. The van der Waals surface area contributed by atoms with Crippen molar-refractivity contribution in [1.29, 1.82) is 0 Å². The third-order valence-electron chi connectivity index (χ3n) is 15.0. The molecule has 474 valence electrons. The van der Waals surface area contributed by atoms with E-state index in [1.807, 2.05) is 103 Å². The van der Waals surface area contributed by atoms with Crippen LogP contribution in [0.3, 0.4) is 0 Å². The van der Waals surface area contributed by atoms with Crippen LogP contribution >= 0.6 is 22.9 Å². The van der Waals surface area contributed by atoms with Gasteiger partial charge in [-0.15, -0.1) is 11.3 Å². The number of aromatic hydroxyl groups is 1. The van der Waals surface area contributed by atoms with Gasteiger partial charge in [0.1, 0.15) is 82.1 Å². The minimum Gasteiger partial charge on any atom is -0.508 e. The van der Waals surface area contributed by atoms with Crippen molar-refractivity contribution in [2.24, 2.45) is 0 Å². The number of nitrogens with zero attached hydrogens (tertiary/aromatic N) is 4. The van der Waals surface area contributed by atoms with Crippen molar-refractivity contribution in [3.63, 3.8) is 0 Å². The van der Waals surface area contributed by atoms with Crippen LogP contribution in [0.25, 0.3) is 43.2 Å². The van der Waals surface area contributed by atoms with Crippen molar-refractivity contribution < 1.29 is 64.8 Å². The fourth-order valence-corrected chi connectivity index (χ4v) is 13.0. The second-order valence-corrected chi connectivity index (χ2v) is 24.1. The van der Waals surface area contributed by atoms with Gasteiger partial charge in [0, 0.05) is 28.6 Å². The zero-order valence-electron chi connectivity index (χ0n) is 50.8. The SMILES string of the molecule is CCOC(=O)[C@@H](Cc1cc(O)ccc1OCc1ccnc(-c2ccccc2OC)n1)Oc1ncnc2sc(-c3ccc(F)cc3)c(-c3ccc(O[C@H](COC(c4ccccc4)(c4ccc(OC)cc4)c4ccc(OC)cc4)COS(=O)(=O)Cc4ccccc4)c(Cl)c3)c12. The summed E-state index contributed by atoms with van der Waals surface area (Å²) in [5.74, 6) is 1.01. The lowest BCUT2D eigenvalue weighted by Crippen LogP contribution is -2.39. The van der Waals surface area contributed by atoms with E-state index < -0.39 is 52.1 Å². The van der Waals surface area contributed by atoms with Gasteiger partial charge in [0.25, 0.3) is 10.1 Å². The van der Waals surface area contributed by atoms with Crippen LogP contribution in [0.2, 0.25) is 5.02 Å². The van der Waals surface area contributed by atoms with Gasteiger partial charge in [-0.2, -0.15) is 8.42 Å². The maximum atomic E-state index is 14.7. The number of phenolic OH excluding ortho intramolecular Hbond substituents is 1. The van der Waals surface area contributed by atoms with Gasteiger partial charge in [-0.05, 0) is 125 Å². The zero-order valence-corrected chi connectivity index (χ0v) is 53.2. The van der Waals surface area contributed by atoms with Gasteiger partial charge in [0.2, 0.25) is 12.0 Å². The maximum Gasteiger partial charge on any atom is 0.347 e. The van der Waals surface area contributed by atoms with Crippen LogP contribution in [0.4, 0.5) is 4.39 Å². The summed E-state index contributed by atoms with van der Waals surface area (Å²) in [5, 5.41) is 11.3. The Labute approximate surface area is 546 Å². The largest absolute Gasteiger partial charge is 0.508 e. The van der Waals surface area contributed by atoms with E-state index in [4.69, 9.17) is 58.7 Å². The number of aromatic nitrogens is 4. The van der Waals surface area contributed by atoms with Crippen LogP contribution in [0.1, 0.15) is 40.4 Å². The van der Waals surface area contributed by atoms with E-state index in [1.54, 1.807) is 107 Å². The highest BCUT2D eigenvalue weighted by molar-refractivity contribution is 7.85. The number of carbonyl (C=O) groups excluding carboxylic acids is 1. The Bertz CT molecular complexity index is 4430. The molecule has 11 rings (SSSR count). The molecule has 0 saturated carbocycles. The molecule has 0 aliphatic rings. The van der Waals surface area contributed by atoms with Gasteiger partial charge in [0.05, 0.1) is 56.2 Å². The number of para-hydroxylation sites is 1. The standard InChI is InChI=1S/C72H62ClFN4O13S2/c1-5-86-71(80)64(40-49-38-55(79)29-35-61(49)87-41-54-36-37-75-68(78-54)59-18-12-13-19-62(59)85-4)91-69-66-65(67(92-70(66)77-45-76-69)47-20-27-53(74)28-21-47)48-22-34-63(60(73)39-48)90-58(43-89-93(81,82)44-46-14-8-6-9-15-46)42-88-72(50-16-10-7-11-17-50,51-23-30-56(83-2)31-24-51)52-25-32-57(84-3)33-26-52/h6-39,45,58,64,79H,5,40-44H2,1-4H3/t58-,64-/m1/s1. The molecule has 0 radical (unpaired) electrons. The molecule has 0 aliphatic carbocycles. The summed E-state index contributed by atoms with van der Waals surface area (Å²) in [6.07, 6.45) is 0.238. The van der Waals surface area contributed by atoms with E-state index in [-0.39, 0.29) is 48.6 Å². The molecule has 0 bridgehead atoms. The Morgan fingerprint density at radius 1 is 0.677 bits per heavy atom. The summed E-state index contributed by atoms with van der Waals surface area (Å²) in [7, 11) is 0.523. The number of hydrogen-bond donors (Lipinski definition) is 1. The Kier molecular flexibility index (Phi) is 20.5. The van der Waals surface area contributed by atoms with Gasteiger partial charge in [0.15, 0.2) is 5.82 Å². The Balaban J connectivity index is 0.948. The fourth-order valence-electron chi connectivity index (χ4n) is 10.6. The van der Waals surface area contributed by atoms with Crippen molar-refractivity contribution in [1.82, 2.24) is 19.9 Å². The van der Waals surface area contributed by atoms with Crippen molar-refractivity contribution >= 4 is 49.2 Å². The molecule has 17 nitrogen and oxygen atoms in total. The number of halogens is 2. The molecule has 3 aromatic heterocycles. The molecule has 11 aromatic rings. The predicted molar refractivity (Wildman–Crippen MR) is 352 cm³/mol. The zero-order chi connectivity index (χ0) is 64.9. The van der Waals surface area contributed by atoms with Crippen LogP contribution in [0.5, 0.6) is 40.4 Å². The summed E-state index contributed by atoms with van der Waals surface area (Å²) < 4.78 is 97.5. The number of hydrogen-bond acceptors (Lipinski definition) is 18. The smallest absolute Gasteiger partial charge is 0.347 e. The number of fused-ring (bicyclic) bond motifs is 1. The number of carbonyl (C=O) groups is 1. The molecule has 8 aromatic carbocycles. The molecule has 1 N–H and O–H groups in total. The Hall–Kier alpha value is -9.96. The third-order valence-corrected chi connectivity index (χ3v) is 17.7. The summed E-state index contributed by atoms with van der Waals surface area (Å²) in [5.41, 5.74) is 4.60. The molecule has 0 aliphatic heterocycles. The molecule has 21 heteroatoms. The highest BCUT2D eigenvalue weighted by Gasteiger charge is 2.39. The molecule has 3 heterocycles. The van der Waals surface area contributed by atoms with Gasteiger partial charge in [-0.25, -0.2) is 29.1 Å². The van der Waals surface area contributed by atoms with Crippen molar-refractivity contribution in [3.05, 3.63) is 257 Å². The van der Waals surface area contributed by atoms with E-state index >= 15 is 0 Å². The lowest BCUT2D eigenvalue weighted by Gasteiger charge is -2.37. The molecule has 0 spiro atoms. The first-order chi connectivity index (χ1) is 45.2. The number of methoxy groups -OCH3 is 3. The number of esters is 1. The number of benzene rings is 8. The number of rotatable bonds is 28. The van der Waals surface area contributed by atoms with Gasteiger partial charge in [-0.3, -0.25) is 4.18 Å². The van der Waals surface area contributed by atoms with Crippen molar-refractivity contribution in [3.8, 4) is 73.3 Å². The first-order valence-electron chi connectivity index (χ1n) is 29.4. The first kappa shape index (κ1) is 64.6. The Morgan fingerprint density at radius 2 is 1.33 bits per heavy atom. The molecular formula is C72H62ClFN4O13S2. The second kappa shape index (κ2) is 29.5. The lowest BCUT2D eigenvalue weighted by atomic mass is 9.80. The summed E-state index contributed by atoms with van der Waals surface area (Å²) in [4.78, 5) is 33.7. The van der Waals surface area contributed by atoms with Crippen LogP contribution in [0, 0.1) is 5.82 Å². The van der Waals surface area contributed by atoms with Gasteiger partial charge < -0.3 is 43.0 Å². The second-order valence-electron chi connectivity index (χ2n) is 21.1. The molecule has 93 heavy (non-hydrogen) atoms. The van der Waals surface area contributed by atoms with Crippen LogP contribution in [-0.2, 0) is 53.0 Å². The molecule has 0 fully saturated rings. The van der Waals surface area contributed by atoms with Gasteiger partial charge >= 0.3 is 5.97 Å². The fraction of sp³-hybridized carbons (Fsp3) is 0.181. The highest BCUT2D eigenvalue weighted by atomic mass is 35.5. The van der Waals surface area contributed by atoms with Crippen LogP contribution in [0.15, 0.2) is 213 Å². The van der Waals surface area contributed by atoms with E-state index in [0.717, 1.165) is 5.56 Å². The quantitative estimate of drug-likeness (QED) is 0.0275. The lowest BCUT2D eigenvalue weighted by molar-refractivity contribution is -0.151. The van der Waals surface area contributed by atoms with Crippen LogP contribution in [-0.4, -0.2) is 92.8 Å². The normalized spacial score (nSPS) is 12.2. The minimum atomic E-state index is -4.21. The van der Waals surface area contributed by atoms with Crippen LogP contribution < -0.4 is 28.4 Å². The molecule has 0 unspecified atom stereocenters. The molecule has 0 amide bonds. The number of thiophene rings is 1. The highest BCUT2D eigenvalue weighted by Crippen LogP contribution is 2.49. The monoisotopic (exact) mass is 1310 g/mol. The predicted octanol–water partition coefficient (Wildman–Crippen LogP) is 14.4. The summed E-state index contributed by atoms with van der Waals surface area (Å²) in [6, 6.07) is 57.8. The van der Waals surface area contributed by atoms with Gasteiger partial charge in [-0.1, -0.05) is 127 Å². The van der Waals surface area contributed by atoms with E-state index in [0.29, 0.717) is 94.1 Å².